The van der Waals surface area contributed by atoms with Crippen molar-refractivity contribution in [1.29, 1.82) is 0 Å². The van der Waals surface area contributed by atoms with Gasteiger partial charge < -0.3 is 13.9 Å². The third-order valence-corrected chi connectivity index (χ3v) is 6.10. The van der Waals surface area contributed by atoms with Crippen LogP contribution in [0.25, 0.3) is 11.2 Å². The number of hydrogen-bond donors (Lipinski definition) is 2. The van der Waals surface area contributed by atoms with Gasteiger partial charge in [-0.2, -0.15) is 0 Å². The van der Waals surface area contributed by atoms with Gasteiger partial charge in [0.1, 0.15) is 16.9 Å². The van der Waals surface area contributed by atoms with E-state index in [9.17, 15) is 9.50 Å². The zero-order chi connectivity index (χ0) is 22.5. The molecule has 33 heavy (non-hydrogen) atoms. The number of aliphatic hydroxyl groups is 1. The molecule has 5 heterocycles. The highest BCUT2D eigenvalue weighted by Gasteiger charge is 2.24. The molecule has 5 aromatic rings. The minimum Gasteiger partial charge on any atom is -0.373 e. The lowest BCUT2D eigenvalue weighted by Gasteiger charge is -2.09. The number of aliphatic hydroxyl groups excluding tert-OH is 1. The average molecular weight is 446 g/mol. The first-order chi connectivity index (χ1) is 16.0. The van der Waals surface area contributed by atoms with Crippen molar-refractivity contribution in [2.24, 2.45) is 0 Å². The lowest BCUT2D eigenvalue weighted by atomic mass is 10.2. The lowest BCUT2D eigenvalue weighted by molar-refractivity contribution is 0.132. The van der Waals surface area contributed by atoms with Gasteiger partial charge in [0.2, 0.25) is 0 Å². The molecule has 1 saturated carbocycles. The van der Waals surface area contributed by atoms with Gasteiger partial charge in [0.25, 0.3) is 0 Å². The van der Waals surface area contributed by atoms with E-state index in [0.29, 0.717) is 34.9 Å². The number of rotatable bonds is 7. The van der Waals surface area contributed by atoms with Gasteiger partial charge in [-0.25, -0.2) is 19.0 Å². The zero-order valence-electron chi connectivity index (χ0n) is 18.1. The molecule has 0 spiro atoms. The number of aromatic nitrogens is 7. The Morgan fingerprint density at radius 1 is 1.18 bits per heavy atom. The van der Waals surface area contributed by atoms with Crippen LogP contribution in [0.1, 0.15) is 53.2 Å². The van der Waals surface area contributed by atoms with Gasteiger partial charge >= 0.3 is 0 Å². The fraction of sp³-hybridized carbons (Fsp3) is 0.304. The summed E-state index contributed by atoms with van der Waals surface area (Å²) in [4.78, 5) is 8.91. The van der Waals surface area contributed by atoms with Crippen LogP contribution < -0.4 is 5.32 Å². The first kappa shape index (κ1) is 20.0. The van der Waals surface area contributed by atoms with E-state index in [1.807, 2.05) is 16.7 Å². The van der Waals surface area contributed by atoms with Gasteiger partial charge in [0.05, 0.1) is 30.5 Å². The van der Waals surface area contributed by atoms with E-state index in [1.165, 1.54) is 18.4 Å². The Hall–Kier alpha value is -3.63. The highest BCUT2D eigenvalue weighted by atomic mass is 19.1. The highest BCUT2D eigenvalue weighted by molar-refractivity contribution is 5.55. The van der Waals surface area contributed by atoms with Crippen molar-refractivity contribution in [3.05, 3.63) is 83.3 Å². The summed E-state index contributed by atoms with van der Waals surface area (Å²) in [6, 6.07) is 5.89. The first-order valence-corrected chi connectivity index (χ1v) is 10.9. The van der Waals surface area contributed by atoms with E-state index in [2.05, 4.69) is 37.9 Å². The third kappa shape index (κ3) is 3.77. The number of fused-ring (bicyclic) bond motifs is 2. The van der Waals surface area contributed by atoms with Crippen LogP contribution in [0, 0.1) is 12.7 Å². The van der Waals surface area contributed by atoms with Crippen LogP contribution >= 0.6 is 0 Å². The summed E-state index contributed by atoms with van der Waals surface area (Å²) in [5.74, 6) is 0.372. The van der Waals surface area contributed by atoms with Gasteiger partial charge in [-0.15, -0.1) is 5.10 Å². The molecule has 0 bridgehead atoms. The number of halogens is 1. The van der Waals surface area contributed by atoms with E-state index in [1.54, 1.807) is 40.8 Å². The Labute approximate surface area is 188 Å². The number of nitrogens with zero attached hydrogens (tertiary/aromatic N) is 7. The first-order valence-electron chi connectivity index (χ1n) is 10.9. The Balaban J connectivity index is 1.14. The molecule has 0 amide bonds. The highest BCUT2D eigenvalue weighted by Crippen LogP contribution is 2.39. The molecule has 168 valence electrons. The Kier molecular flexibility index (Phi) is 4.70. The van der Waals surface area contributed by atoms with Crippen LogP contribution in [0.5, 0.6) is 0 Å². The fourth-order valence-electron chi connectivity index (χ4n) is 4.11. The van der Waals surface area contributed by atoms with Gasteiger partial charge in [-0.3, -0.25) is 5.32 Å². The minimum absolute atomic E-state index is 0.181. The molecule has 1 fully saturated rings. The second kappa shape index (κ2) is 7.75. The minimum atomic E-state index is -1.06. The average Bonchev–Trinajstić information content (AvgIpc) is 3.23. The Bertz CT molecular complexity index is 1460. The van der Waals surface area contributed by atoms with Crippen molar-refractivity contribution in [2.45, 2.75) is 45.0 Å². The molecular weight excluding hydrogens is 423 g/mol. The standard InChI is InChI=1S/C23H23FN8O/c1-14-6-7-30-13-26-18(22(30)21(14)24)8-25-23(33)19-12-32(29-28-19)11-17-10-31-9-16(15-2-3-15)4-5-20(31)27-17/h4-7,9-10,12-13,15,23,25,33H,2-3,8,11H2,1H3. The van der Waals surface area contributed by atoms with Crippen molar-refractivity contribution in [2.75, 3.05) is 0 Å². The number of aryl methyl sites for hydroxylation is 1. The summed E-state index contributed by atoms with van der Waals surface area (Å²) in [5, 5.41) is 21.7. The zero-order valence-corrected chi connectivity index (χ0v) is 18.1. The van der Waals surface area contributed by atoms with Crippen molar-refractivity contribution >= 4 is 11.2 Å². The summed E-state index contributed by atoms with van der Waals surface area (Å²) in [7, 11) is 0. The summed E-state index contributed by atoms with van der Waals surface area (Å²) in [6.45, 7) is 2.33. The number of hydrogen-bond acceptors (Lipinski definition) is 6. The summed E-state index contributed by atoms with van der Waals surface area (Å²) >= 11 is 0. The van der Waals surface area contributed by atoms with Crippen molar-refractivity contribution in [3.8, 4) is 0 Å². The molecule has 1 aliphatic carbocycles. The maximum absolute atomic E-state index is 14.5. The van der Waals surface area contributed by atoms with Crippen LogP contribution in [-0.4, -0.2) is 38.9 Å². The largest absolute Gasteiger partial charge is 0.373 e. The molecule has 9 nitrogen and oxygen atoms in total. The SMILES string of the molecule is Cc1ccn2cnc(CNC(O)c3cn(Cc4cn5cc(C6CC6)ccc5n4)nn3)c2c1F. The van der Waals surface area contributed by atoms with Crippen LogP contribution in [0.3, 0.4) is 0 Å². The van der Waals surface area contributed by atoms with E-state index in [-0.39, 0.29) is 12.4 Å². The molecule has 6 rings (SSSR count). The molecule has 0 aromatic carbocycles. The lowest BCUT2D eigenvalue weighted by Crippen LogP contribution is -2.21. The van der Waals surface area contributed by atoms with Crippen molar-refractivity contribution in [1.82, 2.24) is 39.1 Å². The Morgan fingerprint density at radius 3 is 2.91 bits per heavy atom. The van der Waals surface area contributed by atoms with Gasteiger partial charge in [-0.1, -0.05) is 11.3 Å². The van der Waals surface area contributed by atoms with Gasteiger partial charge in [0, 0.05) is 25.1 Å². The van der Waals surface area contributed by atoms with Crippen LogP contribution in [-0.2, 0) is 13.1 Å². The fourth-order valence-corrected chi connectivity index (χ4v) is 4.11. The molecule has 0 radical (unpaired) electrons. The van der Waals surface area contributed by atoms with Crippen LogP contribution in [0.4, 0.5) is 4.39 Å². The topological polar surface area (TPSA) is 97.6 Å². The summed E-state index contributed by atoms with van der Waals surface area (Å²) in [6.07, 6.45) is 10.6. The number of imidazole rings is 2. The molecule has 1 aliphatic rings. The normalized spacial score (nSPS) is 15.0. The molecule has 0 saturated heterocycles. The number of pyridine rings is 2. The van der Waals surface area contributed by atoms with Gasteiger partial charge in [0.15, 0.2) is 12.0 Å². The van der Waals surface area contributed by atoms with Crippen LogP contribution in [0.2, 0.25) is 0 Å². The second-order valence-corrected chi connectivity index (χ2v) is 8.62. The monoisotopic (exact) mass is 446 g/mol. The van der Waals surface area contributed by atoms with E-state index >= 15 is 0 Å². The smallest absolute Gasteiger partial charge is 0.152 e. The van der Waals surface area contributed by atoms with Crippen molar-refractivity contribution < 1.29 is 9.50 Å². The van der Waals surface area contributed by atoms with Crippen molar-refractivity contribution in [3.63, 3.8) is 0 Å². The summed E-state index contributed by atoms with van der Waals surface area (Å²) < 4.78 is 19.8. The molecule has 2 N–H and O–H groups in total. The molecule has 1 atom stereocenters. The summed E-state index contributed by atoms with van der Waals surface area (Å²) in [5.41, 5.74) is 4.93. The maximum atomic E-state index is 14.5. The van der Waals surface area contributed by atoms with E-state index in [4.69, 9.17) is 0 Å². The van der Waals surface area contributed by atoms with Gasteiger partial charge in [-0.05, 0) is 48.9 Å². The van der Waals surface area contributed by atoms with E-state index < -0.39 is 6.23 Å². The number of nitrogens with one attached hydrogen (secondary N) is 1. The molecule has 1 unspecified atom stereocenters. The van der Waals surface area contributed by atoms with E-state index in [0.717, 1.165) is 11.3 Å². The molecular formula is C23H23FN8O. The third-order valence-electron chi connectivity index (χ3n) is 6.10. The molecule has 5 aromatic heterocycles. The molecule has 10 heteroatoms. The predicted octanol–water partition coefficient (Wildman–Crippen LogP) is 2.73. The second-order valence-electron chi connectivity index (χ2n) is 8.62. The molecule has 0 aliphatic heterocycles. The Morgan fingerprint density at radius 2 is 2.06 bits per heavy atom. The maximum Gasteiger partial charge on any atom is 0.152 e. The quantitative estimate of drug-likeness (QED) is 0.373. The van der Waals surface area contributed by atoms with Crippen LogP contribution in [0.15, 0.2) is 49.3 Å². The predicted molar refractivity (Wildman–Crippen MR) is 118 cm³/mol.